The Kier molecular flexibility index (Phi) is 4.78. The largest absolute Gasteiger partial charge is 0.438 e. The van der Waals surface area contributed by atoms with Gasteiger partial charge in [0.1, 0.15) is 6.10 Å². The van der Waals surface area contributed by atoms with Crippen LogP contribution in [-0.4, -0.2) is 47.2 Å². The van der Waals surface area contributed by atoms with Crippen LogP contribution < -0.4 is 0 Å². The van der Waals surface area contributed by atoms with E-state index in [9.17, 15) is 4.79 Å². The number of likely N-dealkylation sites (tertiary alicyclic amines) is 1. The van der Waals surface area contributed by atoms with Crippen LogP contribution in [0.3, 0.4) is 0 Å². The number of ether oxygens (including phenoxy) is 2. The number of oxazole rings is 1. The minimum absolute atomic E-state index is 0.124. The first-order valence-corrected chi connectivity index (χ1v) is 9.17. The molecule has 0 radical (unpaired) electrons. The number of nitrogens with zero attached hydrogens (tertiary/aromatic N) is 2. The molecule has 2 aliphatic rings. The highest BCUT2D eigenvalue weighted by Crippen LogP contribution is 2.38. The fraction of sp³-hybridized carbons (Fsp3) is 0.500. The van der Waals surface area contributed by atoms with Gasteiger partial charge in [0.15, 0.2) is 6.39 Å². The molecule has 1 amide bonds. The summed E-state index contributed by atoms with van der Waals surface area (Å²) in [6.07, 6.45) is 3.98. The standard InChI is InChI=1S/C20H24N2O4/c1-15-18(25-14-21-15)19(23)22-10-9-20(8-5-11-26-20)17(12-22)24-13-16-6-3-2-4-7-16/h2-4,6-7,14,17H,5,8-13H2,1H3/t17-,20-/m0/s1. The molecule has 2 atom stereocenters. The lowest BCUT2D eigenvalue weighted by Gasteiger charge is -2.44. The van der Waals surface area contributed by atoms with Gasteiger partial charge in [-0.3, -0.25) is 4.79 Å². The van der Waals surface area contributed by atoms with Gasteiger partial charge in [0.2, 0.25) is 5.76 Å². The summed E-state index contributed by atoms with van der Waals surface area (Å²) in [5, 5.41) is 0. The Morgan fingerprint density at radius 2 is 2.19 bits per heavy atom. The summed E-state index contributed by atoms with van der Waals surface area (Å²) in [5.41, 5.74) is 1.46. The molecule has 2 aromatic rings. The number of benzene rings is 1. The number of aryl methyl sites for hydroxylation is 1. The van der Waals surface area contributed by atoms with Crippen molar-refractivity contribution < 1.29 is 18.7 Å². The molecule has 0 aliphatic carbocycles. The summed E-state index contributed by atoms with van der Waals surface area (Å²) in [6, 6.07) is 10.1. The number of carbonyl (C=O) groups excluding carboxylic acids is 1. The van der Waals surface area contributed by atoms with E-state index in [1.165, 1.54) is 6.39 Å². The smallest absolute Gasteiger partial charge is 0.291 e. The van der Waals surface area contributed by atoms with E-state index in [-0.39, 0.29) is 17.6 Å². The summed E-state index contributed by atoms with van der Waals surface area (Å²) in [7, 11) is 0. The maximum atomic E-state index is 12.8. The summed E-state index contributed by atoms with van der Waals surface area (Å²) >= 11 is 0. The van der Waals surface area contributed by atoms with E-state index in [0.717, 1.165) is 31.4 Å². The van der Waals surface area contributed by atoms with Crippen molar-refractivity contribution >= 4 is 5.91 Å². The van der Waals surface area contributed by atoms with Crippen LogP contribution in [0.15, 0.2) is 41.1 Å². The van der Waals surface area contributed by atoms with Gasteiger partial charge in [-0.15, -0.1) is 0 Å². The first kappa shape index (κ1) is 17.2. The molecule has 1 aromatic carbocycles. The van der Waals surface area contributed by atoms with Crippen LogP contribution in [0, 0.1) is 6.92 Å². The average molecular weight is 356 g/mol. The molecule has 0 N–H and O–H groups in total. The van der Waals surface area contributed by atoms with E-state index in [2.05, 4.69) is 4.98 Å². The number of piperidine rings is 1. The molecule has 1 spiro atoms. The first-order valence-electron chi connectivity index (χ1n) is 9.17. The molecule has 0 saturated carbocycles. The molecule has 1 aromatic heterocycles. The van der Waals surface area contributed by atoms with Crippen LogP contribution in [-0.2, 0) is 16.1 Å². The molecule has 0 bridgehead atoms. The van der Waals surface area contributed by atoms with Crippen molar-refractivity contribution in [1.29, 1.82) is 0 Å². The van der Waals surface area contributed by atoms with Gasteiger partial charge in [0.05, 0.1) is 24.4 Å². The van der Waals surface area contributed by atoms with Gasteiger partial charge in [-0.05, 0) is 31.7 Å². The Morgan fingerprint density at radius 1 is 1.35 bits per heavy atom. The number of hydrogen-bond acceptors (Lipinski definition) is 5. The Hall–Kier alpha value is -2.18. The molecule has 2 saturated heterocycles. The number of rotatable bonds is 4. The predicted octanol–water partition coefficient (Wildman–Crippen LogP) is 2.96. The van der Waals surface area contributed by atoms with E-state index >= 15 is 0 Å². The van der Waals surface area contributed by atoms with Crippen molar-refractivity contribution in [3.8, 4) is 0 Å². The van der Waals surface area contributed by atoms with Crippen molar-refractivity contribution in [2.75, 3.05) is 19.7 Å². The molecule has 2 fully saturated rings. The summed E-state index contributed by atoms with van der Waals surface area (Å²) < 4.78 is 17.7. The quantitative estimate of drug-likeness (QED) is 0.843. The summed E-state index contributed by atoms with van der Waals surface area (Å²) in [5.74, 6) is 0.191. The minimum Gasteiger partial charge on any atom is -0.438 e. The average Bonchev–Trinajstić information content (AvgIpc) is 3.31. The lowest BCUT2D eigenvalue weighted by molar-refractivity contribution is -0.153. The van der Waals surface area contributed by atoms with Crippen molar-refractivity contribution in [1.82, 2.24) is 9.88 Å². The summed E-state index contributed by atoms with van der Waals surface area (Å²) in [4.78, 5) is 18.6. The third-order valence-corrected chi connectivity index (χ3v) is 5.43. The second-order valence-electron chi connectivity index (χ2n) is 7.07. The number of hydrogen-bond donors (Lipinski definition) is 0. The topological polar surface area (TPSA) is 64.8 Å². The number of amides is 1. The number of aromatic nitrogens is 1. The van der Waals surface area contributed by atoms with Crippen LogP contribution in [0.4, 0.5) is 0 Å². The van der Waals surface area contributed by atoms with Crippen molar-refractivity contribution in [2.45, 2.75) is 44.5 Å². The molecule has 6 nitrogen and oxygen atoms in total. The van der Waals surface area contributed by atoms with Crippen molar-refractivity contribution in [3.63, 3.8) is 0 Å². The van der Waals surface area contributed by atoms with Crippen LogP contribution >= 0.6 is 0 Å². The maximum Gasteiger partial charge on any atom is 0.291 e. The highest BCUT2D eigenvalue weighted by atomic mass is 16.6. The molecule has 138 valence electrons. The van der Waals surface area contributed by atoms with Crippen molar-refractivity contribution in [2.24, 2.45) is 0 Å². The van der Waals surface area contributed by atoms with Gasteiger partial charge < -0.3 is 18.8 Å². The Morgan fingerprint density at radius 3 is 2.88 bits per heavy atom. The van der Waals surface area contributed by atoms with Gasteiger partial charge in [0, 0.05) is 13.2 Å². The zero-order chi connectivity index (χ0) is 18.0. The van der Waals surface area contributed by atoms with Gasteiger partial charge in [-0.1, -0.05) is 30.3 Å². The molecule has 26 heavy (non-hydrogen) atoms. The zero-order valence-electron chi connectivity index (χ0n) is 15.0. The molecule has 4 rings (SSSR count). The second-order valence-corrected chi connectivity index (χ2v) is 7.07. The van der Waals surface area contributed by atoms with Gasteiger partial charge in [-0.25, -0.2) is 4.98 Å². The van der Waals surface area contributed by atoms with E-state index < -0.39 is 0 Å². The van der Waals surface area contributed by atoms with E-state index in [1.54, 1.807) is 11.8 Å². The van der Waals surface area contributed by atoms with E-state index in [0.29, 0.717) is 31.2 Å². The van der Waals surface area contributed by atoms with Crippen LogP contribution in [0.2, 0.25) is 0 Å². The van der Waals surface area contributed by atoms with Crippen molar-refractivity contribution in [3.05, 3.63) is 53.7 Å². The summed E-state index contributed by atoms with van der Waals surface area (Å²) in [6.45, 7) is 4.21. The minimum atomic E-state index is -0.276. The second kappa shape index (κ2) is 7.21. The number of carbonyl (C=O) groups is 1. The molecule has 3 heterocycles. The Labute approximate surface area is 153 Å². The van der Waals surface area contributed by atoms with Crippen LogP contribution in [0.1, 0.15) is 41.1 Å². The fourth-order valence-electron chi connectivity index (χ4n) is 3.92. The molecule has 0 unspecified atom stereocenters. The SMILES string of the molecule is Cc1ncoc1C(=O)N1CC[C@@]2(CCCO2)[C@@H](OCc2ccccc2)C1. The van der Waals surface area contributed by atoms with E-state index in [4.69, 9.17) is 13.9 Å². The molecular weight excluding hydrogens is 332 g/mol. The van der Waals surface area contributed by atoms with Gasteiger partial charge in [-0.2, -0.15) is 0 Å². The maximum absolute atomic E-state index is 12.8. The Balaban J connectivity index is 1.49. The third-order valence-electron chi connectivity index (χ3n) is 5.43. The highest BCUT2D eigenvalue weighted by Gasteiger charge is 2.48. The normalized spacial score (nSPS) is 25.7. The predicted molar refractivity (Wildman–Crippen MR) is 94.7 cm³/mol. The van der Waals surface area contributed by atoms with Gasteiger partial charge in [0.25, 0.3) is 5.91 Å². The highest BCUT2D eigenvalue weighted by molar-refractivity contribution is 5.92. The van der Waals surface area contributed by atoms with Crippen LogP contribution in [0.5, 0.6) is 0 Å². The lowest BCUT2D eigenvalue weighted by Crippen LogP contribution is -2.57. The Bertz CT molecular complexity index is 752. The molecule has 6 heteroatoms. The first-order chi connectivity index (χ1) is 12.7. The monoisotopic (exact) mass is 356 g/mol. The molecular formula is C20H24N2O4. The third kappa shape index (κ3) is 3.27. The fourth-order valence-corrected chi connectivity index (χ4v) is 3.92. The lowest BCUT2D eigenvalue weighted by atomic mass is 9.85. The van der Waals surface area contributed by atoms with Gasteiger partial charge >= 0.3 is 0 Å². The van der Waals surface area contributed by atoms with E-state index in [1.807, 2.05) is 30.3 Å². The zero-order valence-corrected chi connectivity index (χ0v) is 15.0. The molecule has 2 aliphatic heterocycles. The van der Waals surface area contributed by atoms with Crippen LogP contribution in [0.25, 0.3) is 0 Å².